The number of fused-ring (bicyclic) bond motifs is 1. The van der Waals surface area contributed by atoms with Crippen LogP contribution in [0, 0.1) is 0 Å². The van der Waals surface area contributed by atoms with Gasteiger partial charge in [0.15, 0.2) is 5.69 Å². The third-order valence-electron chi connectivity index (χ3n) is 5.83. The predicted octanol–water partition coefficient (Wildman–Crippen LogP) is 1.59. The SMILES string of the molecule is CC(CN1CCN(C)CC1)N1CCn2nc(C(=O)Nc3ccccc3)cc2C1. The number of carbonyl (C=O) groups excluding carboxylic acids is 1. The summed E-state index contributed by atoms with van der Waals surface area (Å²) in [4.78, 5) is 20.0. The van der Waals surface area contributed by atoms with Crippen LogP contribution in [0.1, 0.15) is 23.1 Å². The Morgan fingerprint density at radius 3 is 2.61 bits per heavy atom. The molecule has 1 fully saturated rings. The third kappa shape index (κ3) is 4.43. The fourth-order valence-electron chi connectivity index (χ4n) is 4.01. The van der Waals surface area contributed by atoms with Gasteiger partial charge < -0.3 is 10.2 Å². The van der Waals surface area contributed by atoms with Gasteiger partial charge >= 0.3 is 0 Å². The number of rotatable bonds is 5. The summed E-state index contributed by atoms with van der Waals surface area (Å²) in [6.07, 6.45) is 0. The van der Waals surface area contributed by atoms with E-state index in [0.717, 1.165) is 63.7 Å². The molecule has 0 radical (unpaired) electrons. The molecular formula is C21H30N6O. The smallest absolute Gasteiger partial charge is 0.276 e. The van der Waals surface area contributed by atoms with Gasteiger partial charge in [0.05, 0.1) is 12.2 Å². The second kappa shape index (κ2) is 8.43. The van der Waals surface area contributed by atoms with E-state index in [2.05, 4.69) is 39.1 Å². The first-order chi connectivity index (χ1) is 13.6. The minimum Gasteiger partial charge on any atom is -0.321 e. The molecule has 1 aromatic heterocycles. The molecule has 1 aromatic carbocycles. The standard InChI is InChI=1S/C21H30N6O/c1-17(15-25-10-8-24(2)9-11-25)26-12-13-27-19(16-26)14-20(23-27)21(28)22-18-6-4-3-5-7-18/h3-7,14,17H,8-13,15-16H2,1-2H3,(H,22,28). The summed E-state index contributed by atoms with van der Waals surface area (Å²) in [6, 6.07) is 12.0. The van der Waals surface area contributed by atoms with Crippen LogP contribution in [0.5, 0.6) is 0 Å². The van der Waals surface area contributed by atoms with Gasteiger partial charge in [-0.3, -0.25) is 19.3 Å². The van der Waals surface area contributed by atoms with Crippen LogP contribution in [0.4, 0.5) is 5.69 Å². The zero-order valence-electron chi connectivity index (χ0n) is 16.8. The molecule has 4 rings (SSSR count). The lowest BCUT2D eigenvalue weighted by Gasteiger charge is -2.38. The Balaban J connectivity index is 1.35. The van der Waals surface area contributed by atoms with Gasteiger partial charge in [0.25, 0.3) is 5.91 Å². The summed E-state index contributed by atoms with van der Waals surface area (Å²) in [7, 11) is 2.19. The molecule has 7 nitrogen and oxygen atoms in total. The number of benzene rings is 1. The van der Waals surface area contributed by atoms with E-state index in [-0.39, 0.29) is 5.91 Å². The minimum atomic E-state index is -0.148. The van der Waals surface area contributed by atoms with Crippen molar-refractivity contribution in [2.75, 3.05) is 51.6 Å². The van der Waals surface area contributed by atoms with E-state index in [1.165, 1.54) is 0 Å². The van der Waals surface area contributed by atoms with Gasteiger partial charge in [-0.15, -0.1) is 0 Å². The second-order valence-electron chi connectivity index (χ2n) is 7.99. The lowest BCUT2D eigenvalue weighted by molar-refractivity contribution is 0.0903. The van der Waals surface area contributed by atoms with Gasteiger partial charge in [-0.1, -0.05) is 18.2 Å². The van der Waals surface area contributed by atoms with Crippen molar-refractivity contribution in [3.05, 3.63) is 47.8 Å². The number of likely N-dealkylation sites (N-methyl/N-ethyl adjacent to an activating group) is 1. The largest absolute Gasteiger partial charge is 0.321 e. The molecular weight excluding hydrogens is 352 g/mol. The molecule has 7 heteroatoms. The molecule has 1 N–H and O–H groups in total. The molecule has 2 aromatic rings. The highest BCUT2D eigenvalue weighted by Crippen LogP contribution is 2.18. The van der Waals surface area contributed by atoms with E-state index in [0.29, 0.717) is 11.7 Å². The molecule has 28 heavy (non-hydrogen) atoms. The summed E-state index contributed by atoms with van der Waals surface area (Å²) >= 11 is 0. The van der Waals surface area contributed by atoms with Crippen LogP contribution in [0.3, 0.4) is 0 Å². The van der Waals surface area contributed by atoms with E-state index in [4.69, 9.17) is 0 Å². The Kier molecular flexibility index (Phi) is 5.75. The first-order valence-electron chi connectivity index (χ1n) is 10.2. The molecule has 1 atom stereocenters. The van der Waals surface area contributed by atoms with Gasteiger partial charge in [0.1, 0.15) is 0 Å². The maximum Gasteiger partial charge on any atom is 0.276 e. The van der Waals surface area contributed by atoms with Gasteiger partial charge in [0.2, 0.25) is 0 Å². The molecule has 2 aliphatic heterocycles. The highest BCUT2D eigenvalue weighted by atomic mass is 16.2. The van der Waals surface area contributed by atoms with Gasteiger partial charge in [-0.05, 0) is 32.2 Å². The van der Waals surface area contributed by atoms with Crippen molar-refractivity contribution < 1.29 is 4.79 Å². The zero-order valence-corrected chi connectivity index (χ0v) is 16.8. The Morgan fingerprint density at radius 2 is 1.86 bits per heavy atom. The van der Waals surface area contributed by atoms with Crippen LogP contribution in [0.25, 0.3) is 0 Å². The normalized spacial score (nSPS) is 19.9. The first-order valence-corrected chi connectivity index (χ1v) is 10.2. The molecule has 0 bridgehead atoms. The van der Waals surface area contributed by atoms with Crippen LogP contribution < -0.4 is 5.32 Å². The van der Waals surface area contributed by atoms with Gasteiger partial charge in [-0.25, -0.2) is 0 Å². The average molecular weight is 383 g/mol. The van der Waals surface area contributed by atoms with Crippen LogP contribution in [0.15, 0.2) is 36.4 Å². The van der Waals surface area contributed by atoms with Crippen molar-refractivity contribution in [2.24, 2.45) is 0 Å². The van der Waals surface area contributed by atoms with Crippen LogP contribution in [-0.4, -0.2) is 82.7 Å². The Hall–Kier alpha value is -2.22. The van der Waals surface area contributed by atoms with Crippen molar-refractivity contribution in [3.8, 4) is 0 Å². The van der Waals surface area contributed by atoms with Crippen LogP contribution >= 0.6 is 0 Å². The Bertz CT molecular complexity index is 796. The maximum absolute atomic E-state index is 12.5. The van der Waals surface area contributed by atoms with E-state index in [1.807, 2.05) is 41.1 Å². The average Bonchev–Trinajstić information content (AvgIpc) is 3.14. The van der Waals surface area contributed by atoms with Crippen molar-refractivity contribution in [1.82, 2.24) is 24.5 Å². The summed E-state index contributed by atoms with van der Waals surface area (Å²) in [5.74, 6) is -0.148. The van der Waals surface area contributed by atoms with E-state index in [1.54, 1.807) is 0 Å². The van der Waals surface area contributed by atoms with Gasteiger partial charge in [-0.2, -0.15) is 5.10 Å². The maximum atomic E-state index is 12.5. The Morgan fingerprint density at radius 1 is 1.11 bits per heavy atom. The van der Waals surface area contributed by atoms with Crippen LogP contribution in [0.2, 0.25) is 0 Å². The summed E-state index contributed by atoms with van der Waals surface area (Å²) in [5, 5.41) is 7.45. The monoisotopic (exact) mass is 382 g/mol. The van der Waals surface area contributed by atoms with Crippen molar-refractivity contribution in [1.29, 1.82) is 0 Å². The number of para-hydroxylation sites is 1. The molecule has 1 unspecified atom stereocenters. The molecule has 0 saturated carbocycles. The topological polar surface area (TPSA) is 56.6 Å². The number of hydrogen-bond acceptors (Lipinski definition) is 5. The van der Waals surface area contributed by atoms with E-state index < -0.39 is 0 Å². The lowest BCUT2D eigenvalue weighted by Crippen LogP contribution is -2.50. The number of carbonyl (C=O) groups is 1. The number of anilines is 1. The quantitative estimate of drug-likeness (QED) is 0.851. The fraction of sp³-hybridized carbons (Fsp3) is 0.524. The molecule has 1 amide bonds. The number of nitrogens with one attached hydrogen (secondary N) is 1. The van der Waals surface area contributed by atoms with E-state index >= 15 is 0 Å². The number of piperazine rings is 1. The highest BCUT2D eigenvalue weighted by Gasteiger charge is 2.25. The molecule has 150 valence electrons. The van der Waals surface area contributed by atoms with Crippen molar-refractivity contribution in [3.63, 3.8) is 0 Å². The van der Waals surface area contributed by atoms with Crippen molar-refractivity contribution >= 4 is 11.6 Å². The predicted molar refractivity (Wildman–Crippen MR) is 110 cm³/mol. The number of amides is 1. The van der Waals surface area contributed by atoms with Crippen molar-refractivity contribution in [2.45, 2.75) is 26.1 Å². The lowest BCUT2D eigenvalue weighted by atomic mass is 10.2. The third-order valence-corrected chi connectivity index (χ3v) is 5.83. The fourth-order valence-corrected chi connectivity index (χ4v) is 4.01. The minimum absolute atomic E-state index is 0.148. The molecule has 3 heterocycles. The number of nitrogens with zero attached hydrogens (tertiary/aromatic N) is 5. The zero-order chi connectivity index (χ0) is 19.5. The van der Waals surface area contributed by atoms with Gasteiger partial charge in [0, 0.05) is 57.5 Å². The summed E-state index contributed by atoms with van der Waals surface area (Å²) in [6.45, 7) is 10.7. The first kappa shape index (κ1) is 19.1. The highest BCUT2D eigenvalue weighted by molar-refractivity contribution is 6.02. The van der Waals surface area contributed by atoms with Crippen LogP contribution in [-0.2, 0) is 13.1 Å². The molecule has 2 aliphatic rings. The molecule has 1 saturated heterocycles. The summed E-state index contributed by atoms with van der Waals surface area (Å²) in [5.41, 5.74) is 2.41. The Labute approximate surface area is 166 Å². The molecule has 0 aliphatic carbocycles. The molecule has 0 spiro atoms. The second-order valence-corrected chi connectivity index (χ2v) is 7.99. The van der Waals surface area contributed by atoms with E-state index in [9.17, 15) is 4.79 Å². The number of aromatic nitrogens is 2. The number of hydrogen-bond donors (Lipinski definition) is 1. The summed E-state index contributed by atoms with van der Waals surface area (Å²) < 4.78 is 1.99.